The summed E-state index contributed by atoms with van der Waals surface area (Å²) < 4.78 is 2.03. The minimum Gasteiger partial charge on any atom is -0.376 e. The first-order valence-electron chi connectivity index (χ1n) is 9.10. The summed E-state index contributed by atoms with van der Waals surface area (Å²) >= 11 is 6.68. The van der Waals surface area contributed by atoms with Crippen LogP contribution in [0.25, 0.3) is 5.69 Å². The number of likely N-dealkylation sites (N-methyl/N-ethyl adjacent to an activating group) is 1. The molecule has 25 heavy (non-hydrogen) atoms. The first-order chi connectivity index (χ1) is 12.2. The number of hydrogen-bond donors (Lipinski definition) is 2. The second-order valence-electron chi connectivity index (χ2n) is 7.32. The third-order valence-corrected chi connectivity index (χ3v) is 6.31. The van der Waals surface area contributed by atoms with Gasteiger partial charge >= 0.3 is 0 Å². The zero-order chi connectivity index (χ0) is 17.0. The van der Waals surface area contributed by atoms with Crippen LogP contribution in [-0.2, 0) is 5.41 Å². The Morgan fingerprint density at radius 2 is 2.20 bits per heavy atom. The fourth-order valence-corrected chi connectivity index (χ4v) is 4.76. The van der Waals surface area contributed by atoms with Crippen LogP contribution >= 0.6 is 11.6 Å². The molecule has 2 aromatic rings. The van der Waals surface area contributed by atoms with E-state index in [0.717, 1.165) is 53.7 Å². The van der Waals surface area contributed by atoms with Gasteiger partial charge in [0.25, 0.3) is 0 Å². The van der Waals surface area contributed by atoms with Gasteiger partial charge in [0.05, 0.1) is 39.9 Å². The number of nitrogens with zero attached hydrogens (tertiary/aromatic N) is 3. The first kappa shape index (κ1) is 15.4. The molecule has 1 saturated carbocycles. The standard InChI is InChI=1S/C19H22ClN5/c1-21-18-19(5-3-6-19)12-8-13(20)17(9-15(12)24-18)25-10-16(23-11-25)14-4-2-7-22-14/h8-11,14,22H,2-7H2,1H3,(H,21,24). The summed E-state index contributed by atoms with van der Waals surface area (Å²) in [7, 11) is 1.96. The van der Waals surface area contributed by atoms with Crippen LogP contribution in [-0.4, -0.2) is 29.0 Å². The van der Waals surface area contributed by atoms with Gasteiger partial charge in [-0.15, -0.1) is 0 Å². The third-order valence-electron chi connectivity index (χ3n) is 6.01. The van der Waals surface area contributed by atoms with E-state index < -0.39 is 0 Å². The van der Waals surface area contributed by atoms with Gasteiger partial charge in [0.1, 0.15) is 5.84 Å². The molecule has 6 heteroatoms. The summed E-state index contributed by atoms with van der Waals surface area (Å²) in [5.74, 6) is 1.09. The lowest BCUT2D eigenvalue weighted by atomic mass is 9.64. The number of amidine groups is 1. The molecule has 2 N–H and O–H groups in total. The van der Waals surface area contributed by atoms with E-state index in [1.807, 2.05) is 17.9 Å². The van der Waals surface area contributed by atoms with E-state index in [1.54, 1.807) is 0 Å². The second-order valence-corrected chi connectivity index (χ2v) is 7.73. The predicted octanol–water partition coefficient (Wildman–Crippen LogP) is 3.63. The minimum atomic E-state index is 0.0696. The molecule has 2 fully saturated rings. The van der Waals surface area contributed by atoms with Gasteiger partial charge in [0, 0.05) is 13.2 Å². The van der Waals surface area contributed by atoms with Gasteiger partial charge < -0.3 is 15.2 Å². The molecule has 1 unspecified atom stereocenters. The van der Waals surface area contributed by atoms with Gasteiger partial charge in [0.15, 0.2) is 0 Å². The number of hydrogen-bond acceptors (Lipinski definition) is 4. The Kier molecular flexibility index (Phi) is 3.44. The molecule has 1 aromatic heterocycles. The summed E-state index contributed by atoms with van der Waals surface area (Å²) in [6.45, 7) is 1.07. The highest BCUT2D eigenvalue weighted by Crippen LogP contribution is 2.53. The Balaban J connectivity index is 1.55. The van der Waals surface area contributed by atoms with E-state index in [2.05, 4.69) is 33.9 Å². The van der Waals surface area contributed by atoms with E-state index in [4.69, 9.17) is 16.6 Å². The summed E-state index contributed by atoms with van der Waals surface area (Å²) in [6, 6.07) is 4.59. The Hall–Kier alpha value is -1.85. The molecule has 0 bridgehead atoms. The molecular formula is C19H22ClN5. The summed E-state index contributed by atoms with van der Waals surface area (Å²) in [4.78, 5) is 9.45. The number of nitrogens with one attached hydrogen (secondary N) is 2. The fourth-order valence-electron chi connectivity index (χ4n) is 4.50. The molecule has 1 aliphatic carbocycles. The molecule has 5 nitrogen and oxygen atoms in total. The summed E-state index contributed by atoms with van der Waals surface area (Å²) in [5, 5.41) is 7.56. The van der Waals surface area contributed by atoms with Crippen LogP contribution in [0.5, 0.6) is 0 Å². The van der Waals surface area contributed by atoms with E-state index in [-0.39, 0.29) is 5.41 Å². The first-order valence-corrected chi connectivity index (χ1v) is 9.48. The maximum absolute atomic E-state index is 6.68. The van der Waals surface area contributed by atoms with Crippen molar-refractivity contribution in [3.8, 4) is 5.69 Å². The maximum Gasteiger partial charge on any atom is 0.113 e. The van der Waals surface area contributed by atoms with Crippen molar-refractivity contribution in [2.75, 3.05) is 13.6 Å². The smallest absolute Gasteiger partial charge is 0.113 e. The predicted molar refractivity (Wildman–Crippen MR) is 100 cm³/mol. The van der Waals surface area contributed by atoms with Crippen LogP contribution in [0.3, 0.4) is 0 Å². The molecule has 0 radical (unpaired) electrons. The molecule has 2 aliphatic heterocycles. The Morgan fingerprint density at radius 1 is 1.32 bits per heavy atom. The lowest BCUT2D eigenvalue weighted by molar-refractivity contribution is 0.341. The van der Waals surface area contributed by atoms with Crippen molar-refractivity contribution < 1.29 is 0 Å². The highest BCUT2D eigenvalue weighted by Gasteiger charge is 2.48. The largest absolute Gasteiger partial charge is 0.376 e. The van der Waals surface area contributed by atoms with E-state index >= 15 is 0 Å². The van der Waals surface area contributed by atoms with Gasteiger partial charge in [-0.1, -0.05) is 18.0 Å². The molecule has 3 aliphatic rings. The van der Waals surface area contributed by atoms with Crippen molar-refractivity contribution in [1.82, 2.24) is 20.2 Å². The average Bonchev–Trinajstić information content (AvgIpc) is 3.30. The molecular weight excluding hydrogens is 334 g/mol. The maximum atomic E-state index is 6.68. The van der Waals surface area contributed by atoms with Crippen LogP contribution in [0, 0.1) is 0 Å². The van der Waals surface area contributed by atoms with Crippen LogP contribution in [0.2, 0.25) is 5.02 Å². The van der Waals surface area contributed by atoms with Crippen molar-refractivity contribution in [2.45, 2.75) is 43.6 Å². The van der Waals surface area contributed by atoms with Gasteiger partial charge in [-0.05, 0) is 49.9 Å². The second kappa shape index (κ2) is 5.58. The van der Waals surface area contributed by atoms with Crippen molar-refractivity contribution in [3.63, 3.8) is 0 Å². The molecule has 5 rings (SSSR count). The number of rotatable bonds is 2. The number of aliphatic imine (C=N–C) groups is 1. The quantitative estimate of drug-likeness (QED) is 0.864. The van der Waals surface area contributed by atoms with Crippen molar-refractivity contribution in [1.29, 1.82) is 0 Å². The highest BCUT2D eigenvalue weighted by atomic mass is 35.5. The zero-order valence-corrected chi connectivity index (χ0v) is 15.1. The topological polar surface area (TPSA) is 54.2 Å². The Labute approximate surface area is 152 Å². The molecule has 130 valence electrons. The van der Waals surface area contributed by atoms with E-state index in [0.29, 0.717) is 6.04 Å². The molecule has 0 amide bonds. The molecule has 1 saturated heterocycles. The van der Waals surface area contributed by atoms with Crippen LogP contribution in [0.15, 0.2) is 29.6 Å². The van der Waals surface area contributed by atoms with Gasteiger partial charge in [-0.25, -0.2) is 9.98 Å². The number of fused-ring (bicyclic) bond motifs is 2. The highest BCUT2D eigenvalue weighted by molar-refractivity contribution is 6.32. The third kappa shape index (κ3) is 2.19. The van der Waals surface area contributed by atoms with Crippen LogP contribution < -0.4 is 10.6 Å². The van der Waals surface area contributed by atoms with Crippen LogP contribution in [0.1, 0.15) is 49.4 Å². The number of benzene rings is 1. The fraction of sp³-hybridized carbons (Fsp3) is 0.474. The van der Waals surface area contributed by atoms with Gasteiger partial charge in [-0.2, -0.15) is 0 Å². The van der Waals surface area contributed by atoms with Gasteiger partial charge in [-0.3, -0.25) is 0 Å². The summed E-state index contributed by atoms with van der Waals surface area (Å²) in [6.07, 6.45) is 9.86. The van der Waals surface area contributed by atoms with Crippen molar-refractivity contribution in [2.24, 2.45) is 4.99 Å². The normalized spacial score (nSPS) is 23.4. The van der Waals surface area contributed by atoms with Crippen LogP contribution in [0.4, 0.5) is 5.69 Å². The van der Waals surface area contributed by atoms with Crippen molar-refractivity contribution >= 4 is 23.1 Å². The SMILES string of the molecule is CNC1=Nc2cc(-n3cnc(C4CCCN4)c3)c(Cl)cc2C12CCC2. The minimum absolute atomic E-state index is 0.0696. The number of aromatic nitrogens is 2. The monoisotopic (exact) mass is 355 g/mol. The molecule has 3 heterocycles. The average molecular weight is 356 g/mol. The molecule has 1 aromatic carbocycles. The zero-order valence-electron chi connectivity index (χ0n) is 14.3. The number of halogens is 1. The van der Waals surface area contributed by atoms with E-state index in [9.17, 15) is 0 Å². The lowest BCUT2D eigenvalue weighted by Gasteiger charge is -2.40. The van der Waals surface area contributed by atoms with E-state index in [1.165, 1.54) is 18.4 Å². The number of imidazole rings is 1. The Morgan fingerprint density at radius 3 is 2.88 bits per heavy atom. The Bertz CT molecular complexity index is 859. The lowest BCUT2D eigenvalue weighted by Crippen LogP contribution is -2.45. The van der Waals surface area contributed by atoms with Crippen molar-refractivity contribution in [3.05, 3.63) is 40.9 Å². The van der Waals surface area contributed by atoms with Gasteiger partial charge in [0.2, 0.25) is 0 Å². The molecule has 1 atom stereocenters. The summed E-state index contributed by atoms with van der Waals surface area (Å²) in [5.41, 5.74) is 4.42. The molecule has 1 spiro atoms.